The van der Waals surface area contributed by atoms with Gasteiger partial charge in [-0.2, -0.15) is 5.26 Å². The van der Waals surface area contributed by atoms with Gasteiger partial charge in [0.25, 0.3) is 0 Å². The second-order valence-electron chi connectivity index (χ2n) is 9.15. The summed E-state index contributed by atoms with van der Waals surface area (Å²) in [5.41, 5.74) is 12.7. The molecule has 0 unspecified atom stereocenters. The molecule has 0 bridgehead atoms. The van der Waals surface area contributed by atoms with Gasteiger partial charge in [0.05, 0.1) is 17.6 Å². The summed E-state index contributed by atoms with van der Waals surface area (Å²) >= 11 is 3.54. The molecule has 1 aromatic heterocycles. The van der Waals surface area contributed by atoms with Gasteiger partial charge in [-0.15, -0.1) is 0 Å². The first-order chi connectivity index (χ1) is 17.0. The number of carbonyl (C=O) groups excluding carboxylic acids is 1. The number of nitriles is 1. The molecule has 5 nitrogen and oxygen atoms in total. The molecule has 6 heteroatoms. The van der Waals surface area contributed by atoms with Crippen LogP contribution in [0.5, 0.6) is 0 Å². The van der Waals surface area contributed by atoms with Crippen molar-refractivity contribution in [2.75, 3.05) is 4.90 Å². The molecule has 1 aliphatic carbocycles. The second-order valence-corrected chi connectivity index (χ2v) is 10.1. The number of para-hydroxylation sites is 1. The fraction of sp³-hybridized carbons (Fsp3) is 0.172. The third-order valence-corrected chi connectivity index (χ3v) is 7.75. The van der Waals surface area contributed by atoms with E-state index in [1.807, 2.05) is 47.4 Å². The van der Waals surface area contributed by atoms with Crippen LogP contribution in [-0.4, -0.2) is 10.4 Å². The Balaban J connectivity index is 1.60. The van der Waals surface area contributed by atoms with Gasteiger partial charge in [0.2, 0.25) is 0 Å². The minimum absolute atomic E-state index is 0.0913. The van der Waals surface area contributed by atoms with Crippen molar-refractivity contribution >= 4 is 49.2 Å². The molecule has 0 spiro atoms. The summed E-state index contributed by atoms with van der Waals surface area (Å²) in [7, 11) is 2.05. The Morgan fingerprint density at radius 2 is 1.80 bits per heavy atom. The number of hydrogen-bond acceptors (Lipinski definition) is 4. The molecule has 3 aromatic carbocycles. The quantitative estimate of drug-likeness (QED) is 0.330. The minimum Gasteiger partial charge on any atom is -0.384 e. The number of carbonyl (C=O) groups is 1. The average molecular weight is 523 g/mol. The number of Topliss-reactive ketones (excluding diaryl/α,β-unsaturated/α-hetero) is 1. The van der Waals surface area contributed by atoms with Gasteiger partial charge in [0.1, 0.15) is 5.82 Å². The van der Waals surface area contributed by atoms with Gasteiger partial charge in [-0.3, -0.25) is 9.69 Å². The number of rotatable bonds is 2. The third-order valence-electron chi connectivity index (χ3n) is 7.25. The topological polar surface area (TPSA) is 75.0 Å². The maximum absolute atomic E-state index is 13.4. The average Bonchev–Trinajstić information content (AvgIpc) is 3.15. The SMILES string of the molecule is Cn1c2ccccc2c2ccc([C@@H]3C(C#N)=C(N)N(c4cccc(Br)c4)C4=C3C(=O)CCC4)cc21. The van der Waals surface area contributed by atoms with E-state index >= 15 is 0 Å². The lowest BCUT2D eigenvalue weighted by molar-refractivity contribution is -0.116. The Labute approximate surface area is 211 Å². The largest absolute Gasteiger partial charge is 0.384 e. The molecule has 2 N–H and O–H groups in total. The van der Waals surface area contributed by atoms with Crippen LogP contribution < -0.4 is 10.6 Å². The molecule has 0 fully saturated rings. The van der Waals surface area contributed by atoms with Crippen LogP contribution in [0.15, 0.2) is 93.9 Å². The Morgan fingerprint density at radius 1 is 1.00 bits per heavy atom. The number of aryl methyl sites for hydroxylation is 1. The van der Waals surface area contributed by atoms with Crippen molar-refractivity contribution in [3.05, 3.63) is 99.4 Å². The normalized spacial score (nSPS) is 18.4. The van der Waals surface area contributed by atoms with Gasteiger partial charge in [-0.05, 0) is 48.7 Å². The van der Waals surface area contributed by atoms with Crippen molar-refractivity contribution in [2.24, 2.45) is 12.8 Å². The van der Waals surface area contributed by atoms with Gasteiger partial charge < -0.3 is 10.3 Å². The predicted molar refractivity (Wildman–Crippen MR) is 142 cm³/mol. The third kappa shape index (κ3) is 3.23. The summed E-state index contributed by atoms with van der Waals surface area (Å²) in [5.74, 6) is 0.00319. The van der Waals surface area contributed by atoms with Crippen LogP contribution in [0.3, 0.4) is 0 Å². The van der Waals surface area contributed by atoms with Crippen molar-refractivity contribution in [1.29, 1.82) is 5.26 Å². The molecular weight excluding hydrogens is 500 g/mol. The Hall–Kier alpha value is -3.82. The number of allylic oxidation sites excluding steroid dienone is 3. The molecule has 0 saturated heterocycles. The number of benzene rings is 3. The van der Waals surface area contributed by atoms with Gasteiger partial charge in [0, 0.05) is 56.7 Å². The first-order valence-electron chi connectivity index (χ1n) is 11.7. The van der Waals surface area contributed by atoms with Crippen molar-refractivity contribution in [2.45, 2.75) is 25.2 Å². The minimum atomic E-state index is -0.478. The number of halogens is 1. The van der Waals surface area contributed by atoms with Crippen LogP contribution in [-0.2, 0) is 11.8 Å². The highest BCUT2D eigenvalue weighted by molar-refractivity contribution is 9.10. The Kier molecular flexibility index (Phi) is 5.05. The highest BCUT2D eigenvalue weighted by Gasteiger charge is 2.40. The zero-order valence-corrected chi connectivity index (χ0v) is 20.8. The number of aromatic nitrogens is 1. The number of hydrogen-bond donors (Lipinski definition) is 1. The molecule has 2 aliphatic rings. The maximum atomic E-state index is 13.4. The Bertz CT molecular complexity index is 1650. The van der Waals surface area contributed by atoms with Crippen LogP contribution >= 0.6 is 15.9 Å². The summed E-state index contributed by atoms with van der Waals surface area (Å²) in [6.45, 7) is 0. The van der Waals surface area contributed by atoms with E-state index in [1.54, 1.807) is 0 Å². The highest BCUT2D eigenvalue weighted by atomic mass is 79.9. The van der Waals surface area contributed by atoms with Crippen LogP contribution in [0, 0.1) is 11.3 Å². The lowest BCUT2D eigenvalue weighted by Crippen LogP contribution is -2.38. The van der Waals surface area contributed by atoms with E-state index in [0.717, 1.165) is 50.7 Å². The molecule has 2 heterocycles. The van der Waals surface area contributed by atoms with E-state index in [4.69, 9.17) is 5.73 Å². The smallest absolute Gasteiger partial charge is 0.161 e. The van der Waals surface area contributed by atoms with Crippen molar-refractivity contribution in [3.63, 3.8) is 0 Å². The fourth-order valence-electron chi connectivity index (χ4n) is 5.69. The second kappa shape index (κ2) is 8.14. The van der Waals surface area contributed by atoms with Gasteiger partial charge in [0.15, 0.2) is 5.78 Å². The number of nitrogens with zero attached hydrogens (tertiary/aromatic N) is 3. The molecular formula is C29H23BrN4O. The number of nitrogens with two attached hydrogens (primary N) is 1. The lowest BCUT2D eigenvalue weighted by atomic mass is 9.75. The molecule has 0 amide bonds. The number of ketones is 1. The van der Waals surface area contributed by atoms with E-state index in [1.165, 1.54) is 5.39 Å². The summed E-state index contributed by atoms with van der Waals surface area (Å²) in [4.78, 5) is 15.3. The van der Waals surface area contributed by atoms with Gasteiger partial charge in [-0.25, -0.2) is 0 Å². The van der Waals surface area contributed by atoms with Crippen molar-refractivity contribution < 1.29 is 4.79 Å². The molecule has 172 valence electrons. The number of anilines is 1. The summed E-state index contributed by atoms with van der Waals surface area (Å²) < 4.78 is 3.08. The van der Waals surface area contributed by atoms with Crippen molar-refractivity contribution in [3.8, 4) is 6.07 Å². The summed E-state index contributed by atoms with van der Waals surface area (Å²) in [6, 6.07) is 24.7. The lowest BCUT2D eigenvalue weighted by Gasteiger charge is -2.39. The van der Waals surface area contributed by atoms with Crippen LogP contribution in [0.4, 0.5) is 5.69 Å². The predicted octanol–water partition coefficient (Wildman–Crippen LogP) is 6.40. The molecule has 6 rings (SSSR count). The molecule has 0 saturated carbocycles. The maximum Gasteiger partial charge on any atom is 0.161 e. The number of fused-ring (bicyclic) bond motifs is 3. The molecule has 0 radical (unpaired) electrons. The van der Waals surface area contributed by atoms with Crippen LogP contribution in [0.1, 0.15) is 30.7 Å². The fourth-order valence-corrected chi connectivity index (χ4v) is 6.07. The van der Waals surface area contributed by atoms with Crippen LogP contribution in [0.25, 0.3) is 21.8 Å². The van der Waals surface area contributed by atoms with E-state index in [2.05, 4.69) is 57.9 Å². The molecule has 1 atom stereocenters. The van der Waals surface area contributed by atoms with E-state index in [9.17, 15) is 10.1 Å². The zero-order chi connectivity index (χ0) is 24.3. The monoisotopic (exact) mass is 522 g/mol. The zero-order valence-electron chi connectivity index (χ0n) is 19.3. The molecule has 35 heavy (non-hydrogen) atoms. The highest BCUT2D eigenvalue weighted by Crippen LogP contribution is 2.47. The molecule has 1 aliphatic heterocycles. The van der Waals surface area contributed by atoms with Gasteiger partial charge in [-0.1, -0.05) is 52.3 Å². The summed E-state index contributed by atoms with van der Waals surface area (Å²) in [5, 5.41) is 12.6. The van der Waals surface area contributed by atoms with Crippen LogP contribution in [0.2, 0.25) is 0 Å². The first kappa shape index (κ1) is 21.7. The Morgan fingerprint density at radius 3 is 2.60 bits per heavy atom. The van der Waals surface area contributed by atoms with E-state index < -0.39 is 5.92 Å². The van der Waals surface area contributed by atoms with E-state index in [0.29, 0.717) is 23.4 Å². The summed E-state index contributed by atoms with van der Waals surface area (Å²) in [6.07, 6.45) is 1.99. The first-order valence-corrected chi connectivity index (χ1v) is 12.5. The van der Waals surface area contributed by atoms with E-state index in [-0.39, 0.29) is 5.78 Å². The molecule has 4 aromatic rings. The van der Waals surface area contributed by atoms with Crippen molar-refractivity contribution in [1.82, 2.24) is 4.57 Å². The standard InChI is InChI=1S/C29H23BrN4O/c1-33-23-9-3-2-8-20(23)21-13-12-17(14-25(21)33)27-22(16-31)29(32)34(19-7-4-6-18(30)15-19)24-10-5-11-26(35)28(24)27/h2-4,6-9,12-15,27H,5,10-11,32H2,1H3/t27-/m1/s1. The van der Waals surface area contributed by atoms with Gasteiger partial charge >= 0.3 is 0 Å².